The molecule has 0 spiro atoms. The van der Waals surface area contributed by atoms with Gasteiger partial charge in [-0.05, 0) is 53.9 Å². The van der Waals surface area contributed by atoms with Crippen LogP contribution in [0.15, 0.2) is 70.7 Å². The van der Waals surface area contributed by atoms with Gasteiger partial charge in [0, 0.05) is 0 Å². The third-order valence-corrected chi connectivity index (χ3v) is 4.68. The van der Waals surface area contributed by atoms with Crippen LogP contribution in [0.5, 0.6) is 0 Å². The summed E-state index contributed by atoms with van der Waals surface area (Å²) in [7, 11) is 0. The Kier molecular flexibility index (Phi) is 4.37. The molecule has 4 rings (SSSR count). The molecule has 7 heteroatoms. The first kappa shape index (κ1) is 16.3. The number of hydrogen-bond acceptors (Lipinski definition) is 4. The Morgan fingerprint density at radius 1 is 1.19 bits per heavy atom. The second-order valence-electron chi connectivity index (χ2n) is 5.54. The topological polar surface area (TPSA) is 60.1 Å². The molecule has 0 unspecified atom stereocenters. The Balaban J connectivity index is 1.69. The number of furan rings is 1. The lowest BCUT2D eigenvalue weighted by atomic mass is 10.2. The average molecular weight is 367 g/mol. The molecule has 0 aliphatic rings. The lowest BCUT2D eigenvalue weighted by Gasteiger charge is -2.07. The lowest BCUT2D eigenvalue weighted by Crippen LogP contribution is -2.25. The predicted octanol–water partition coefficient (Wildman–Crippen LogP) is 4.26. The molecule has 0 aliphatic heterocycles. The van der Waals surface area contributed by atoms with Gasteiger partial charge in [0.25, 0.3) is 5.91 Å². The average Bonchev–Trinajstić information content (AvgIpc) is 3.41. The fourth-order valence-electron chi connectivity index (χ4n) is 2.54. The third-order valence-electron chi connectivity index (χ3n) is 3.79. The SMILES string of the molecule is O=C(NCc1ccco1)c1cc(-c2cccs2)nn1-c1ccc(F)cc1. The fourth-order valence-corrected chi connectivity index (χ4v) is 3.22. The van der Waals surface area contributed by atoms with Gasteiger partial charge in [-0.15, -0.1) is 11.3 Å². The number of carbonyl (C=O) groups is 1. The second-order valence-corrected chi connectivity index (χ2v) is 6.49. The molecule has 1 amide bonds. The van der Waals surface area contributed by atoms with Crippen molar-refractivity contribution in [2.75, 3.05) is 0 Å². The zero-order chi connectivity index (χ0) is 17.9. The van der Waals surface area contributed by atoms with Gasteiger partial charge in [-0.2, -0.15) is 5.10 Å². The number of aromatic nitrogens is 2. The molecule has 1 N–H and O–H groups in total. The number of carbonyl (C=O) groups excluding carboxylic acids is 1. The van der Waals surface area contributed by atoms with Gasteiger partial charge < -0.3 is 9.73 Å². The summed E-state index contributed by atoms with van der Waals surface area (Å²) < 4.78 is 20.0. The van der Waals surface area contributed by atoms with E-state index in [2.05, 4.69) is 10.4 Å². The maximum Gasteiger partial charge on any atom is 0.270 e. The molecule has 0 saturated heterocycles. The minimum Gasteiger partial charge on any atom is -0.467 e. The van der Waals surface area contributed by atoms with Gasteiger partial charge >= 0.3 is 0 Å². The van der Waals surface area contributed by atoms with Crippen molar-refractivity contribution in [2.24, 2.45) is 0 Å². The molecule has 0 aliphatic carbocycles. The van der Waals surface area contributed by atoms with Gasteiger partial charge in [0.2, 0.25) is 0 Å². The number of rotatable bonds is 5. The zero-order valence-corrected chi connectivity index (χ0v) is 14.4. The summed E-state index contributed by atoms with van der Waals surface area (Å²) in [6.07, 6.45) is 1.55. The highest BCUT2D eigenvalue weighted by Crippen LogP contribution is 2.26. The molecule has 0 bridgehead atoms. The van der Waals surface area contributed by atoms with Crippen molar-refractivity contribution in [1.29, 1.82) is 0 Å². The van der Waals surface area contributed by atoms with Crippen LogP contribution in [0.1, 0.15) is 16.2 Å². The number of amides is 1. The predicted molar refractivity (Wildman–Crippen MR) is 96.7 cm³/mol. The number of benzene rings is 1. The van der Waals surface area contributed by atoms with Crippen molar-refractivity contribution in [3.8, 4) is 16.3 Å². The first-order valence-corrected chi connectivity index (χ1v) is 8.79. The quantitative estimate of drug-likeness (QED) is 0.573. The van der Waals surface area contributed by atoms with E-state index in [-0.39, 0.29) is 18.3 Å². The molecule has 3 heterocycles. The van der Waals surface area contributed by atoms with Crippen molar-refractivity contribution in [1.82, 2.24) is 15.1 Å². The third kappa shape index (κ3) is 3.29. The number of hydrogen-bond donors (Lipinski definition) is 1. The van der Waals surface area contributed by atoms with Crippen LogP contribution in [0.4, 0.5) is 4.39 Å². The van der Waals surface area contributed by atoms with Gasteiger partial charge in [0.1, 0.15) is 23.0 Å². The fraction of sp³-hybridized carbons (Fsp3) is 0.0526. The normalized spacial score (nSPS) is 10.8. The van der Waals surface area contributed by atoms with Crippen molar-refractivity contribution in [3.63, 3.8) is 0 Å². The molecule has 0 radical (unpaired) electrons. The Morgan fingerprint density at radius 3 is 2.73 bits per heavy atom. The summed E-state index contributed by atoms with van der Waals surface area (Å²) in [6.45, 7) is 0.273. The Morgan fingerprint density at radius 2 is 2.04 bits per heavy atom. The smallest absolute Gasteiger partial charge is 0.270 e. The summed E-state index contributed by atoms with van der Waals surface area (Å²) in [5.74, 6) is 0.0221. The number of nitrogens with zero attached hydrogens (tertiary/aromatic N) is 2. The Hall–Kier alpha value is -3.19. The molecule has 1 aromatic carbocycles. The van der Waals surface area contributed by atoms with Crippen LogP contribution in [-0.2, 0) is 6.54 Å². The highest BCUT2D eigenvalue weighted by molar-refractivity contribution is 7.13. The molecule has 130 valence electrons. The van der Waals surface area contributed by atoms with E-state index in [1.807, 2.05) is 17.5 Å². The highest BCUT2D eigenvalue weighted by atomic mass is 32.1. The number of nitrogens with one attached hydrogen (secondary N) is 1. The molecule has 0 fully saturated rings. The van der Waals surface area contributed by atoms with Crippen molar-refractivity contribution >= 4 is 17.2 Å². The molecule has 0 saturated carbocycles. The van der Waals surface area contributed by atoms with Crippen molar-refractivity contribution in [3.05, 3.63) is 83.5 Å². The summed E-state index contributed by atoms with van der Waals surface area (Å²) >= 11 is 1.54. The summed E-state index contributed by atoms with van der Waals surface area (Å²) in [4.78, 5) is 13.6. The first-order chi connectivity index (χ1) is 12.7. The molecular weight excluding hydrogens is 353 g/mol. The van der Waals surface area contributed by atoms with E-state index in [1.54, 1.807) is 36.6 Å². The maximum absolute atomic E-state index is 13.3. The molecule has 4 aromatic rings. The Bertz CT molecular complexity index is 1010. The minimum atomic E-state index is -0.344. The van der Waals surface area contributed by atoms with Gasteiger partial charge in [0.05, 0.1) is 23.4 Å². The van der Waals surface area contributed by atoms with Crippen LogP contribution in [0.25, 0.3) is 16.3 Å². The minimum absolute atomic E-state index is 0.273. The number of halogens is 1. The standard InChI is InChI=1S/C19H14FN3O2S/c20-13-5-7-14(8-6-13)23-17(11-16(22-23)18-4-2-10-26-18)19(24)21-12-15-3-1-9-25-15/h1-11H,12H2,(H,21,24). The molecule has 0 atom stereocenters. The molecule has 26 heavy (non-hydrogen) atoms. The largest absolute Gasteiger partial charge is 0.467 e. The lowest BCUT2D eigenvalue weighted by molar-refractivity contribution is 0.0940. The van der Waals surface area contributed by atoms with Crippen LogP contribution in [0.3, 0.4) is 0 Å². The summed E-state index contributed by atoms with van der Waals surface area (Å²) in [5.41, 5.74) is 1.66. The summed E-state index contributed by atoms with van der Waals surface area (Å²) in [6, 6.07) is 15.0. The molecule has 5 nitrogen and oxygen atoms in total. The van der Waals surface area contributed by atoms with Gasteiger partial charge in [-0.3, -0.25) is 4.79 Å². The second kappa shape index (κ2) is 6.97. The number of thiophene rings is 1. The van der Waals surface area contributed by atoms with Crippen LogP contribution in [0.2, 0.25) is 0 Å². The van der Waals surface area contributed by atoms with Gasteiger partial charge in [-0.25, -0.2) is 9.07 Å². The van der Waals surface area contributed by atoms with E-state index in [9.17, 15) is 9.18 Å². The van der Waals surface area contributed by atoms with E-state index in [4.69, 9.17) is 4.42 Å². The van der Waals surface area contributed by atoms with Crippen LogP contribution in [0, 0.1) is 5.82 Å². The zero-order valence-electron chi connectivity index (χ0n) is 13.6. The highest BCUT2D eigenvalue weighted by Gasteiger charge is 2.18. The van der Waals surface area contributed by atoms with Crippen LogP contribution in [-0.4, -0.2) is 15.7 Å². The van der Waals surface area contributed by atoms with Crippen LogP contribution < -0.4 is 5.32 Å². The van der Waals surface area contributed by atoms with Crippen molar-refractivity contribution < 1.29 is 13.6 Å². The molecule has 3 aromatic heterocycles. The van der Waals surface area contributed by atoms with Crippen LogP contribution >= 0.6 is 11.3 Å². The van der Waals surface area contributed by atoms with Crippen molar-refractivity contribution in [2.45, 2.75) is 6.54 Å². The van der Waals surface area contributed by atoms with Gasteiger partial charge in [-0.1, -0.05) is 6.07 Å². The van der Waals surface area contributed by atoms with Gasteiger partial charge in [0.15, 0.2) is 0 Å². The Labute approximate surface area is 152 Å². The molecular formula is C19H14FN3O2S. The monoisotopic (exact) mass is 367 g/mol. The maximum atomic E-state index is 13.3. The van der Waals surface area contributed by atoms with E-state index < -0.39 is 0 Å². The summed E-state index contributed by atoms with van der Waals surface area (Å²) in [5, 5.41) is 9.30. The van der Waals surface area contributed by atoms with E-state index >= 15 is 0 Å². The van der Waals surface area contributed by atoms with E-state index in [1.165, 1.54) is 28.2 Å². The van der Waals surface area contributed by atoms with E-state index in [0.717, 1.165) is 4.88 Å². The first-order valence-electron chi connectivity index (χ1n) is 7.91. The van der Waals surface area contributed by atoms with E-state index in [0.29, 0.717) is 22.8 Å².